The van der Waals surface area contributed by atoms with Crippen LogP contribution in [0.3, 0.4) is 0 Å². The highest BCUT2D eigenvalue weighted by Crippen LogP contribution is 2.48. The first-order valence-electron chi connectivity index (χ1n) is 10.3. The summed E-state index contributed by atoms with van der Waals surface area (Å²) < 4.78 is 0. The Hall–Kier alpha value is -2.60. The average molecular weight is 367 g/mol. The van der Waals surface area contributed by atoms with Crippen LogP contribution in [0, 0.1) is 19.3 Å². The lowest BCUT2D eigenvalue weighted by Crippen LogP contribution is -2.10. The Morgan fingerprint density at radius 2 is 1.07 bits per heavy atom. The zero-order chi connectivity index (χ0) is 20.1. The van der Waals surface area contributed by atoms with Crippen LogP contribution in [0.25, 0.3) is 27.8 Å². The number of hydrogen-bond donors (Lipinski definition) is 0. The van der Waals surface area contributed by atoms with Crippen LogP contribution in [0.5, 0.6) is 0 Å². The van der Waals surface area contributed by atoms with Crippen molar-refractivity contribution in [1.29, 1.82) is 0 Å². The molecular weight excluding hydrogens is 336 g/mol. The largest absolute Gasteiger partial charge is 0.0587 e. The highest BCUT2D eigenvalue weighted by Gasteiger charge is 2.30. The van der Waals surface area contributed by atoms with Gasteiger partial charge in [0.25, 0.3) is 0 Å². The van der Waals surface area contributed by atoms with Gasteiger partial charge >= 0.3 is 0 Å². The summed E-state index contributed by atoms with van der Waals surface area (Å²) in [5.74, 6) is 0. The van der Waals surface area contributed by atoms with Crippen molar-refractivity contribution in [3.8, 4) is 22.3 Å². The third-order valence-corrected chi connectivity index (χ3v) is 6.12. The normalized spacial score (nSPS) is 13.8. The fourth-order valence-electron chi connectivity index (χ4n) is 4.52. The van der Waals surface area contributed by atoms with Gasteiger partial charge in [-0.15, -0.1) is 0 Å². The maximum atomic E-state index is 2.34. The van der Waals surface area contributed by atoms with Crippen molar-refractivity contribution in [2.24, 2.45) is 5.41 Å². The number of hydrogen-bond acceptors (Lipinski definition) is 0. The maximum absolute atomic E-state index is 2.34. The molecule has 0 unspecified atom stereocenters. The zero-order valence-corrected chi connectivity index (χ0v) is 18.0. The number of allylic oxidation sites excluding steroid dienone is 2. The van der Waals surface area contributed by atoms with E-state index in [0.29, 0.717) is 0 Å². The molecule has 1 aliphatic rings. The molecule has 0 bridgehead atoms. The van der Waals surface area contributed by atoms with Gasteiger partial charge in [-0.05, 0) is 71.6 Å². The van der Waals surface area contributed by atoms with Gasteiger partial charge in [0.1, 0.15) is 0 Å². The van der Waals surface area contributed by atoms with Crippen molar-refractivity contribution in [2.45, 2.75) is 48.0 Å². The molecule has 0 saturated carbocycles. The van der Waals surface area contributed by atoms with E-state index in [9.17, 15) is 0 Å². The van der Waals surface area contributed by atoms with Crippen molar-refractivity contribution in [1.82, 2.24) is 0 Å². The van der Waals surface area contributed by atoms with Gasteiger partial charge in [0.05, 0.1) is 0 Å². The molecule has 0 aromatic heterocycles. The summed E-state index contributed by atoms with van der Waals surface area (Å²) in [6.45, 7) is 13.6. The fraction of sp³-hybridized carbons (Fsp3) is 0.286. The lowest BCUT2D eigenvalue weighted by Gasteiger charge is -2.22. The third-order valence-electron chi connectivity index (χ3n) is 6.12. The predicted molar refractivity (Wildman–Crippen MR) is 123 cm³/mol. The summed E-state index contributed by atoms with van der Waals surface area (Å²) in [5, 5.41) is 0. The average Bonchev–Trinajstić information content (AvgIpc) is 3.01. The highest BCUT2D eigenvalue weighted by atomic mass is 14.3. The minimum absolute atomic E-state index is 0.179. The van der Waals surface area contributed by atoms with E-state index in [0.717, 1.165) is 6.42 Å². The van der Waals surface area contributed by atoms with Crippen LogP contribution >= 0.6 is 0 Å². The number of rotatable bonds is 2. The molecule has 0 heterocycles. The molecule has 0 fully saturated rings. The third kappa shape index (κ3) is 3.22. The van der Waals surface area contributed by atoms with Gasteiger partial charge in [0, 0.05) is 0 Å². The van der Waals surface area contributed by atoms with Crippen LogP contribution in [0.2, 0.25) is 0 Å². The molecule has 0 nitrogen and oxygen atoms in total. The van der Waals surface area contributed by atoms with Crippen LogP contribution in [-0.2, 0) is 6.42 Å². The number of aryl methyl sites for hydroxylation is 2. The van der Waals surface area contributed by atoms with Gasteiger partial charge in [-0.25, -0.2) is 0 Å². The van der Waals surface area contributed by atoms with Crippen LogP contribution in [-0.4, -0.2) is 0 Å². The molecule has 0 saturated heterocycles. The first-order valence-corrected chi connectivity index (χ1v) is 10.3. The molecule has 3 aromatic rings. The molecule has 0 amide bonds. The lowest BCUT2D eigenvalue weighted by atomic mass is 9.83. The summed E-state index contributed by atoms with van der Waals surface area (Å²) in [6.07, 6.45) is 1.05. The Kier molecular flexibility index (Phi) is 4.54. The van der Waals surface area contributed by atoms with Crippen molar-refractivity contribution in [3.63, 3.8) is 0 Å². The Bertz CT molecular complexity index is 1050. The molecule has 142 valence electrons. The quantitative estimate of drug-likeness (QED) is 0.431. The van der Waals surface area contributed by atoms with E-state index in [-0.39, 0.29) is 5.41 Å². The monoisotopic (exact) mass is 366 g/mol. The minimum atomic E-state index is 0.179. The Labute approximate surface area is 169 Å². The molecular formula is C28H30. The lowest BCUT2D eigenvalue weighted by molar-refractivity contribution is 0.497. The second kappa shape index (κ2) is 6.78. The summed E-state index contributed by atoms with van der Waals surface area (Å²) in [6, 6.07) is 22.6. The summed E-state index contributed by atoms with van der Waals surface area (Å²) >= 11 is 0. The summed E-state index contributed by atoms with van der Waals surface area (Å²) in [4.78, 5) is 0. The standard InChI is InChI=1S/C28H30/c1-18-7-11-21(12-8-18)23-15-16-24(22-13-9-19(2)10-14-22)27-20(3)26(17-25(23)27)28(4,5)6/h7-16H,17H2,1-6H3. The second-order valence-corrected chi connectivity index (χ2v) is 9.28. The number of fused-ring (bicyclic) bond motifs is 1. The van der Waals surface area contributed by atoms with E-state index < -0.39 is 0 Å². The predicted octanol–water partition coefficient (Wildman–Crippen LogP) is 8.01. The van der Waals surface area contributed by atoms with Crippen LogP contribution in [0.1, 0.15) is 49.9 Å². The first kappa shape index (κ1) is 18.7. The van der Waals surface area contributed by atoms with Gasteiger partial charge in [0.15, 0.2) is 0 Å². The molecule has 3 aromatic carbocycles. The molecule has 0 heteroatoms. The van der Waals surface area contributed by atoms with Gasteiger partial charge < -0.3 is 0 Å². The minimum Gasteiger partial charge on any atom is -0.0587 e. The Morgan fingerprint density at radius 3 is 1.57 bits per heavy atom. The molecule has 0 aliphatic heterocycles. The number of benzene rings is 3. The van der Waals surface area contributed by atoms with Crippen molar-refractivity contribution >= 4 is 5.57 Å². The van der Waals surface area contributed by atoms with E-state index in [2.05, 4.69) is 102 Å². The van der Waals surface area contributed by atoms with Crippen LogP contribution in [0.4, 0.5) is 0 Å². The fourth-order valence-corrected chi connectivity index (χ4v) is 4.52. The highest BCUT2D eigenvalue weighted by molar-refractivity contribution is 5.92. The first-order chi connectivity index (χ1) is 13.3. The van der Waals surface area contributed by atoms with E-state index in [1.165, 1.54) is 50.1 Å². The zero-order valence-electron chi connectivity index (χ0n) is 18.0. The van der Waals surface area contributed by atoms with Crippen LogP contribution < -0.4 is 0 Å². The smallest absolute Gasteiger partial charge is 0.00435 e. The summed E-state index contributed by atoms with van der Waals surface area (Å²) in [5.41, 5.74) is 14.1. The van der Waals surface area contributed by atoms with Crippen LogP contribution in [0.15, 0.2) is 66.2 Å². The Morgan fingerprint density at radius 1 is 0.607 bits per heavy atom. The molecule has 28 heavy (non-hydrogen) atoms. The van der Waals surface area contributed by atoms with Gasteiger partial charge in [-0.1, -0.05) is 98.1 Å². The SMILES string of the molecule is CC1=C(C(C)(C)C)Cc2c(-c3ccc(C)cc3)ccc(-c3ccc(C)cc3)c21. The summed E-state index contributed by atoms with van der Waals surface area (Å²) in [7, 11) is 0. The molecule has 1 aliphatic carbocycles. The topological polar surface area (TPSA) is 0 Å². The van der Waals surface area contributed by atoms with Gasteiger partial charge in [-0.3, -0.25) is 0 Å². The van der Waals surface area contributed by atoms with E-state index in [1.807, 2.05) is 0 Å². The van der Waals surface area contributed by atoms with Crippen molar-refractivity contribution in [2.75, 3.05) is 0 Å². The van der Waals surface area contributed by atoms with Gasteiger partial charge in [-0.2, -0.15) is 0 Å². The molecule has 0 radical (unpaired) electrons. The van der Waals surface area contributed by atoms with E-state index in [1.54, 1.807) is 5.57 Å². The van der Waals surface area contributed by atoms with E-state index in [4.69, 9.17) is 0 Å². The molecule has 4 rings (SSSR count). The molecule has 0 N–H and O–H groups in total. The van der Waals surface area contributed by atoms with Crippen molar-refractivity contribution < 1.29 is 0 Å². The van der Waals surface area contributed by atoms with Crippen molar-refractivity contribution in [3.05, 3.63) is 88.5 Å². The molecule has 0 atom stereocenters. The van der Waals surface area contributed by atoms with E-state index >= 15 is 0 Å². The second-order valence-electron chi connectivity index (χ2n) is 9.28. The maximum Gasteiger partial charge on any atom is -0.00435 e. The van der Waals surface area contributed by atoms with Gasteiger partial charge in [0.2, 0.25) is 0 Å². The Balaban J connectivity index is 1.96. The molecule has 0 spiro atoms.